The molecule has 1 saturated heterocycles. The molecule has 0 N–H and O–H groups in total. The third-order valence-corrected chi connectivity index (χ3v) is 4.84. The first-order valence-corrected chi connectivity index (χ1v) is 8.61. The lowest BCUT2D eigenvalue weighted by Crippen LogP contribution is -2.54. The molecule has 6 nitrogen and oxygen atoms in total. The predicted molar refractivity (Wildman–Crippen MR) is 94.7 cm³/mol. The van der Waals surface area contributed by atoms with Crippen molar-refractivity contribution >= 4 is 6.09 Å². The van der Waals surface area contributed by atoms with E-state index in [2.05, 4.69) is 6.07 Å². The number of ether oxygens (including phenoxy) is 3. The van der Waals surface area contributed by atoms with E-state index in [-0.39, 0.29) is 17.1 Å². The lowest BCUT2D eigenvalue weighted by molar-refractivity contribution is -0.216. The van der Waals surface area contributed by atoms with Crippen LogP contribution in [0.2, 0.25) is 0 Å². The summed E-state index contributed by atoms with van der Waals surface area (Å²) in [6.45, 7) is 7.75. The molecule has 4 unspecified atom stereocenters. The third kappa shape index (κ3) is 2.93. The number of carbonyl (C=O) groups excluding carboxylic acids is 1. The molecule has 2 aliphatic rings. The molecule has 6 heteroatoms. The van der Waals surface area contributed by atoms with Crippen molar-refractivity contribution in [2.75, 3.05) is 7.11 Å². The van der Waals surface area contributed by atoms with E-state index in [9.17, 15) is 10.1 Å². The van der Waals surface area contributed by atoms with Gasteiger partial charge in [-0.15, -0.1) is 0 Å². The van der Waals surface area contributed by atoms with Crippen LogP contribution in [0.5, 0.6) is 0 Å². The second-order valence-electron chi connectivity index (χ2n) is 7.86. The van der Waals surface area contributed by atoms with Crippen LogP contribution < -0.4 is 0 Å². The Balaban J connectivity index is 2.16. The van der Waals surface area contributed by atoms with Crippen LogP contribution in [-0.4, -0.2) is 36.2 Å². The number of fused-ring (bicyclic) bond motifs is 1. The Morgan fingerprint density at radius 1 is 1.31 bits per heavy atom. The molecule has 4 atom stereocenters. The third-order valence-electron chi connectivity index (χ3n) is 4.84. The minimum atomic E-state index is -1.15. The number of nitriles is 1. The molecule has 26 heavy (non-hydrogen) atoms. The summed E-state index contributed by atoms with van der Waals surface area (Å²) in [4.78, 5) is 14.3. The normalized spacial score (nSPS) is 30.7. The molecule has 0 bridgehead atoms. The van der Waals surface area contributed by atoms with Crippen molar-refractivity contribution in [3.05, 3.63) is 47.7 Å². The molecular weight excluding hydrogens is 332 g/mol. The predicted octanol–water partition coefficient (Wildman–Crippen LogP) is 3.76. The summed E-state index contributed by atoms with van der Waals surface area (Å²) in [6.07, 6.45) is 0.728. The smallest absolute Gasteiger partial charge is 0.412 e. The number of hydrogen-bond donors (Lipinski definition) is 0. The van der Waals surface area contributed by atoms with Crippen molar-refractivity contribution in [2.45, 2.75) is 51.7 Å². The Morgan fingerprint density at radius 2 is 1.96 bits per heavy atom. The molecule has 0 aliphatic carbocycles. The minimum Gasteiger partial charge on any atom is -0.453 e. The second kappa shape index (κ2) is 6.33. The van der Waals surface area contributed by atoms with E-state index in [0.717, 1.165) is 5.56 Å². The van der Waals surface area contributed by atoms with E-state index in [0.29, 0.717) is 0 Å². The van der Waals surface area contributed by atoms with E-state index >= 15 is 0 Å². The van der Waals surface area contributed by atoms with Crippen molar-refractivity contribution < 1.29 is 19.0 Å². The van der Waals surface area contributed by atoms with Crippen LogP contribution in [0.25, 0.3) is 0 Å². The summed E-state index contributed by atoms with van der Waals surface area (Å²) in [5.41, 5.74) is 0.609. The van der Waals surface area contributed by atoms with Crippen LogP contribution in [0.4, 0.5) is 4.79 Å². The SMILES string of the molecule is COC(=O)N1C(C(C)(C)C)OC2(C)OC(C#N)=CC(c3ccccc3)C12. The van der Waals surface area contributed by atoms with Gasteiger partial charge in [0.1, 0.15) is 18.3 Å². The number of methoxy groups -OCH3 is 1. The molecule has 0 aromatic heterocycles. The maximum atomic E-state index is 12.7. The van der Waals surface area contributed by atoms with Crippen LogP contribution in [0, 0.1) is 16.7 Å². The van der Waals surface area contributed by atoms with Crippen molar-refractivity contribution in [3.63, 3.8) is 0 Å². The highest BCUT2D eigenvalue weighted by molar-refractivity contribution is 5.69. The van der Waals surface area contributed by atoms with Gasteiger partial charge in [-0.25, -0.2) is 4.79 Å². The van der Waals surface area contributed by atoms with Gasteiger partial charge in [0.2, 0.25) is 5.79 Å². The minimum absolute atomic E-state index is 0.192. The molecule has 1 fully saturated rings. The summed E-state index contributed by atoms with van der Waals surface area (Å²) in [6, 6.07) is 11.4. The largest absolute Gasteiger partial charge is 0.453 e. The Hall–Kier alpha value is -2.52. The Kier molecular flexibility index (Phi) is 4.45. The molecule has 2 aliphatic heterocycles. The monoisotopic (exact) mass is 356 g/mol. The lowest BCUT2D eigenvalue weighted by Gasteiger charge is -2.40. The molecule has 0 radical (unpaired) electrons. The fourth-order valence-electron chi connectivity index (χ4n) is 3.76. The number of carbonyl (C=O) groups is 1. The maximum Gasteiger partial charge on any atom is 0.412 e. The first-order chi connectivity index (χ1) is 12.2. The standard InChI is InChI=1S/C20H24N2O4/c1-19(2,3)17-22(18(23)24-5)16-15(13-9-7-6-8-10-13)11-14(12-21)25-20(16,4)26-17/h6-11,15-17H,1-5H3. The number of rotatable bonds is 1. The molecule has 1 amide bonds. The average molecular weight is 356 g/mol. The molecule has 0 spiro atoms. The fourth-order valence-corrected chi connectivity index (χ4v) is 3.76. The Bertz CT molecular complexity index is 762. The summed E-state index contributed by atoms with van der Waals surface area (Å²) in [5, 5.41) is 9.43. The van der Waals surface area contributed by atoms with Crippen LogP contribution >= 0.6 is 0 Å². The summed E-state index contributed by atoms with van der Waals surface area (Å²) in [7, 11) is 1.36. The van der Waals surface area contributed by atoms with E-state index in [1.54, 1.807) is 17.9 Å². The van der Waals surface area contributed by atoms with E-state index in [4.69, 9.17) is 14.2 Å². The Morgan fingerprint density at radius 3 is 2.50 bits per heavy atom. The van der Waals surface area contributed by atoms with Gasteiger partial charge in [0.25, 0.3) is 0 Å². The number of allylic oxidation sites excluding steroid dienone is 1. The van der Waals surface area contributed by atoms with E-state index < -0.39 is 24.2 Å². The molecular formula is C20H24N2O4. The van der Waals surface area contributed by atoms with Gasteiger partial charge in [-0.1, -0.05) is 51.1 Å². The van der Waals surface area contributed by atoms with Crippen molar-refractivity contribution in [2.24, 2.45) is 5.41 Å². The molecule has 2 heterocycles. The van der Waals surface area contributed by atoms with Crippen LogP contribution in [0.3, 0.4) is 0 Å². The molecule has 1 aromatic rings. The number of nitrogens with zero attached hydrogens (tertiary/aromatic N) is 2. The van der Waals surface area contributed by atoms with Crippen LogP contribution in [0.1, 0.15) is 39.2 Å². The van der Waals surface area contributed by atoms with Gasteiger partial charge in [0.15, 0.2) is 5.76 Å². The van der Waals surface area contributed by atoms with Gasteiger partial charge >= 0.3 is 6.09 Å². The number of hydrogen-bond acceptors (Lipinski definition) is 5. The molecule has 3 rings (SSSR count). The quantitative estimate of drug-likeness (QED) is 0.766. The van der Waals surface area contributed by atoms with Gasteiger partial charge in [-0.3, -0.25) is 4.90 Å². The summed E-state index contributed by atoms with van der Waals surface area (Å²) >= 11 is 0. The topological polar surface area (TPSA) is 71.8 Å². The zero-order chi connectivity index (χ0) is 19.1. The van der Waals surface area contributed by atoms with Gasteiger partial charge in [0, 0.05) is 18.3 Å². The fraction of sp³-hybridized carbons (Fsp3) is 0.500. The summed E-state index contributed by atoms with van der Waals surface area (Å²) in [5.74, 6) is -1.21. The van der Waals surface area contributed by atoms with E-state index in [1.807, 2.05) is 51.1 Å². The second-order valence-corrected chi connectivity index (χ2v) is 7.86. The van der Waals surface area contributed by atoms with E-state index in [1.165, 1.54) is 7.11 Å². The van der Waals surface area contributed by atoms with Gasteiger partial charge in [0.05, 0.1) is 7.11 Å². The first kappa shape index (κ1) is 18.3. The highest BCUT2D eigenvalue weighted by Crippen LogP contribution is 2.50. The highest BCUT2D eigenvalue weighted by atomic mass is 16.7. The molecule has 138 valence electrons. The highest BCUT2D eigenvalue weighted by Gasteiger charge is 2.62. The van der Waals surface area contributed by atoms with Crippen molar-refractivity contribution in [1.82, 2.24) is 4.90 Å². The van der Waals surface area contributed by atoms with Crippen LogP contribution in [-0.2, 0) is 14.2 Å². The molecule has 0 saturated carbocycles. The van der Waals surface area contributed by atoms with Gasteiger partial charge in [-0.2, -0.15) is 5.26 Å². The molecule has 1 aromatic carbocycles. The van der Waals surface area contributed by atoms with Crippen molar-refractivity contribution in [3.8, 4) is 6.07 Å². The maximum absolute atomic E-state index is 12.7. The van der Waals surface area contributed by atoms with Crippen molar-refractivity contribution in [1.29, 1.82) is 5.26 Å². The Labute approximate surface area is 153 Å². The summed E-state index contributed by atoms with van der Waals surface area (Å²) < 4.78 is 17.2. The number of amides is 1. The first-order valence-electron chi connectivity index (χ1n) is 8.61. The number of benzene rings is 1. The van der Waals surface area contributed by atoms with Gasteiger partial charge < -0.3 is 14.2 Å². The zero-order valence-corrected chi connectivity index (χ0v) is 15.7. The average Bonchev–Trinajstić information content (AvgIpc) is 2.94. The van der Waals surface area contributed by atoms with Crippen LogP contribution in [0.15, 0.2) is 42.2 Å². The zero-order valence-electron chi connectivity index (χ0n) is 15.7. The lowest BCUT2D eigenvalue weighted by atomic mass is 9.83. The van der Waals surface area contributed by atoms with Gasteiger partial charge in [-0.05, 0) is 11.6 Å².